The zero-order valence-electron chi connectivity index (χ0n) is 16.6. The minimum Gasteiger partial charge on any atom is -0.382 e. The van der Waals surface area contributed by atoms with Gasteiger partial charge in [-0.25, -0.2) is 4.99 Å². The number of hydrogen-bond acceptors (Lipinski definition) is 5. The van der Waals surface area contributed by atoms with E-state index in [2.05, 4.69) is 49.6 Å². The SMILES string of the molecule is CCOCCCNC(=NCc1nnc(C)n1C)NCC(C)c1ccsc1.I. The molecule has 9 heteroatoms. The second-order valence-electron chi connectivity index (χ2n) is 6.20. The van der Waals surface area contributed by atoms with Gasteiger partial charge in [-0.05, 0) is 48.6 Å². The van der Waals surface area contributed by atoms with Crippen LogP contribution in [0.3, 0.4) is 0 Å². The number of nitrogens with zero attached hydrogens (tertiary/aromatic N) is 4. The summed E-state index contributed by atoms with van der Waals surface area (Å²) in [5.74, 6) is 2.96. The summed E-state index contributed by atoms with van der Waals surface area (Å²) < 4.78 is 7.35. The number of ether oxygens (including phenoxy) is 1. The molecule has 0 saturated heterocycles. The molecule has 27 heavy (non-hydrogen) atoms. The van der Waals surface area contributed by atoms with Crippen LogP contribution in [-0.4, -0.2) is 47.0 Å². The predicted octanol–water partition coefficient (Wildman–Crippen LogP) is 3.07. The highest BCUT2D eigenvalue weighted by atomic mass is 127. The Morgan fingerprint density at radius 1 is 1.37 bits per heavy atom. The van der Waals surface area contributed by atoms with Crippen LogP contribution in [0.4, 0.5) is 0 Å². The lowest BCUT2D eigenvalue weighted by Gasteiger charge is -2.16. The first-order valence-electron chi connectivity index (χ1n) is 9.08. The maximum absolute atomic E-state index is 5.39. The fourth-order valence-corrected chi connectivity index (χ4v) is 3.14. The summed E-state index contributed by atoms with van der Waals surface area (Å²) in [7, 11) is 1.96. The van der Waals surface area contributed by atoms with Gasteiger partial charge in [0.1, 0.15) is 12.4 Å². The van der Waals surface area contributed by atoms with Crippen LogP contribution in [-0.2, 0) is 18.3 Å². The zero-order valence-corrected chi connectivity index (χ0v) is 19.7. The van der Waals surface area contributed by atoms with Crippen molar-refractivity contribution in [2.45, 2.75) is 39.7 Å². The molecule has 0 aliphatic heterocycles. The Morgan fingerprint density at radius 3 is 2.81 bits per heavy atom. The molecule has 0 amide bonds. The lowest BCUT2D eigenvalue weighted by molar-refractivity contribution is 0.145. The van der Waals surface area contributed by atoms with Gasteiger partial charge in [-0.2, -0.15) is 11.3 Å². The number of nitrogens with one attached hydrogen (secondary N) is 2. The Bertz CT molecular complexity index is 673. The standard InChI is InChI=1S/C18H30N6OS.HI/c1-5-25-9-6-8-19-18(20-11-14(2)16-7-10-26-13-16)21-12-17-23-22-15(3)24(17)4;/h7,10,13-14H,5-6,8-9,11-12H2,1-4H3,(H2,19,20,21);1H. The quantitative estimate of drug-likeness (QED) is 0.224. The number of rotatable bonds is 10. The Morgan fingerprint density at radius 2 is 2.19 bits per heavy atom. The number of aryl methyl sites for hydroxylation is 1. The molecule has 0 radical (unpaired) electrons. The molecule has 2 rings (SSSR count). The van der Waals surface area contributed by atoms with Crippen molar-refractivity contribution >= 4 is 41.3 Å². The molecule has 7 nitrogen and oxygen atoms in total. The van der Waals surface area contributed by atoms with Crippen molar-refractivity contribution in [3.63, 3.8) is 0 Å². The van der Waals surface area contributed by atoms with Crippen molar-refractivity contribution in [1.29, 1.82) is 0 Å². The van der Waals surface area contributed by atoms with Crippen LogP contribution in [0, 0.1) is 6.92 Å². The summed E-state index contributed by atoms with van der Waals surface area (Å²) in [5.41, 5.74) is 1.35. The molecule has 2 aromatic rings. The predicted molar refractivity (Wildman–Crippen MR) is 122 cm³/mol. The van der Waals surface area contributed by atoms with Crippen LogP contribution >= 0.6 is 35.3 Å². The van der Waals surface area contributed by atoms with Gasteiger partial charge in [0.2, 0.25) is 0 Å². The van der Waals surface area contributed by atoms with Gasteiger partial charge in [0.05, 0.1) is 0 Å². The Labute approximate surface area is 183 Å². The third-order valence-corrected chi connectivity index (χ3v) is 4.91. The molecule has 0 aliphatic rings. The smallest absolute Gasteiger partial charge is 0.191 e. The highest BCUT2D eigenvalue weighted by Gasteiger charge is 2.08. The van der Waals surface area contributed by atoms with Crippen molar-refractivity contribution in [1.82, 2.24) is 25.4 Å². The maximum Gasteiger partial charge on any atom is 0.191 e. The van der Waals surface area contributed by atoms with Crippen LogP contribution in [0.5, 0.6) is 0 Å². The molecule has 2 aromatic heterocycles. The van der Waals surface area contributed by atoms with Crippen molar-refractivity contribution < 1.29 is 4.74 Å². The van der Waals surface area contributed by atoms with Gasteiger partial charge in [0.25, 0.3) is 0 Å². The second-order valence-corrected chi connectivity index (χ2v) is 6.98. The maximum atomic E-state index is 5.39. The van der Waals surface area contributed by atoms with E-state index in [0.29, 0.717) is 12.5 Å². The van der Waals surface area contributed by atoms with Crippen LogP contribution in [0.15, 0.2) is 21.8 Å². The van der Waals surface area contributed by atoms with Crippen LogP contribution in [0.2, 0.25) is 0 Å². The van der Waals surface area contributed by atoms with Gasteiger partial charge in [-0.3, -0.25) is 0 Å². The largest absolute Gasteiger partial charge is 0.382 e. The van der Waals surface area contributed by atoms with Crippen molar-refractivity contribution in [2.24, 2.45) is 12.0 Å². The van der Waals surface area contributed by atoms with Gasteiger partial charge < -0.3 is 19.9 Å². The van der Waals surface area contributed by atoms with E-state index >= 15 is 0 Å². The fourth-order valence-electron chi connectivity index (χ4n) is 2.36. The van der Waals surface area contributed by atoms with Gasteiger partial charge >= 0.3 is 0 Å². The summed E-state index contributed by atoms with van der Waals surface area (Å²) >= 11 is 1.73. The average molecular weight is 506 g/mol. The third-order valence-electron chi connectivity index (χ3n) is 4.21. The number of hydrogen-bond donors (Lipinski definition) is 2. The van der Waals surface area contributed by atoms with Gasteiger partial charge in [0, 0.05) is 33.4 Å². The molecule has 0 spiro atoms. The third kappa shape index (κ3) is 8.14. The van der Waals surface area contributed by atoms with Crippen molar-refractivity contribution in [3.05, 3.63) is 34.0 Å². The number of aliphatic imine (C=N–C) groups is 1. The van der Waals surface area contributed by atoms with Crippen LogP contribution in [0.1, 0.15) is 43.4 Å². The first-order valence-corrected chi connectivity index (χ1v) is 10.0. The molecule has 0 aromatic carbocycles. The molecule has 1 unspecified atom stereocenters. The summed E-state index contributed by atoms with van der Waals surface area (Å²) in [5, 5.41) is 19.4. The molecule has 0 saturated carbocycles. The van der Waals surface area contributed by atoms with Crippen LogP contribution < -0.4 is 10.6 Å². The molecule has 2 heterocycles. The van der Waals surface area contributed by atoms with E-state index < -0.39 is 0 Å². The van der Waals surface area contributed by atoms with Gasteiger partial charge in [0.15, 0.2) is 11.8 Å². The molecule has 0 bridgehead atoms. The fraction of sp³-hybridized carbons (Fsp3) is 0.611. The molecule has 0 aliphatic carbocycles. The Balaban J connectivity index is 0.00000364. The molecule has 0 fully saturated rings. The minimum atomic E-state index is 0. The van der Waals surface area contributed by atoms with Crippen molar-refractivity contribution in [3.8, 4) is 0 Å². The summed E-state index contributed by atoms with van der Waals surface area (Å²) in [6, 6.07) is 2.17. The van der Waals surface area contributed by atoms with E-state index in [1.807, 2.05) is 25.5 Å². The Kier molecular flexibility index (Phi) is 11.5. The molecular weight excluding hydrogens is 475 g/mol. The highest BCUT2D eigenvalue weighted by Crippen LogP contribution is 2.16. The number of thiophene rings is 1. The molecule has 1 atom stereocenters. The van der Waals surface area contributed by atoms with E-state index in [1.54, 1.807) is 11.3 Å². The van der Waals surface area contributed by atoms with E-state index in [-0.39, 0.29) is 24.0 Å². The van der Waals surface area contributed by atoms with E-state index in [4.69, 9.17) is 4.74 Å². The normalized spacial score (nSPS) is 12.5. The lowest BCUT2D eigenvalue weighted by atomic mass is 10.1. The Hall–Kier alpha value is -1.20. The van der Waals surface area contributed by atoms with Gasteiger partial charge in [-0.1, -0.05) is 6.92 Å². The van der Waals surface area contributed by atoms with Crippen LogP contribution in [0.25, 0.3) is 0 Å². The van der Waals surface area contributed by atoms with E-state index in [1.165, 1.54) is 5.56 Å². The van der Waals surface area contributed by atoms with Crippen molar-refractivity contribution in [2.75, 3.05) is 26.3 Å². The highest BCUT2D eigenvalue weighted by molar-refractivity contribution is 14.0. The zero-order chi connectivity index (χ0) is 18.8. The topological polar surface area (TPSA) is 76.4 Å². The number of aromatic nitrogens is 3. The molecule has 152 valence electrons. The monoisotopic (exact) mass is 506 g/mol. The number of halogens is 1. The molecular formula is C18H31IN6OS. The van der Waals surface area contributed by atoms with E-state index in [9.17, 15) is 0 Å². The van der Waals surface area contributed by atoms with Gasteiger partial charge in [-0.15, -0.1) is 34.2 Å². The summed E-state index contributed by atoms with van der Waals surface area (Å²) in [4.78, 5) is 4.67. The lowest BCUT2D eigenvalue weighted by Crippen LogP contribution is -2.40. The first-order chi connectivity index (χ1) is 12.6. The number of guanidine groups is 1. The van der Waals surface area contributed by atoms with E-state index in [0.717, 1.165) is 50.3 Å². The minimum absolute atomic E-state index is 0. The molecule has 2 N–H and O–H groups in total. The summed E-state index contributed by atoms with van der Waals surface area (Å²) in [6.45, 7) is 9.80. The first kappa shape index (κ1) is 23.8. The summed E-state index contributed by atoms with van der Waals surface area (Å²) in [6.07, 6.45) is 0.942. The average Bonchev–Trinajstić information content (AvgIpc) is 3.28. The second kappa shape index (κ2) is 13.1.